The van der Waals surface area contributed by atoms with Crippen molar-refractivity contribution in [3.05, 3.63) is 17.9 Å². The molecule has 1 fully saturated rings. The summed E-state index contributed by atoms with van der Waals surface area (Å²) < 4.78 is 24.7. The van der Waals surface area contributed by atoms with E-state index < -0.39 is 5.82 Å². The number of anilines is 2. The number of ether oxygens (including phenoxy) is 2. The van der Waals surface area contributed by atoms with Crippen molar-refractivity contribution in [1.29, 1.82) is 0 Å². The van der Waals surface area contributed by atoms with E-state index in [-0.39, 0.29) is 11.9 Å². The summed E-state index contributed by atoms with van der Waals surface area (Å²) in [5, 5.41) is 3.23. The van der Waals surface area contributed by atoms with E-state index in [0.29, 0.717) is 17.5 Å². The molecule has 1 aliphatic heterocycles. The maximum atomic E-state index is 13.7. The van der Waals surface area contributed by atoms with Gasteiger partial charge in [0.1, 0.15) is 0 Å². The molecule has 1 heterocycles. The molecule has 5 heteroatoms. The number of rotatable bonds is 6. The number of hydrogen-bond acceptors (Lipinski definition) is 4. The van der Waals surface area contributed by atoms with Crippen molar-refractivity contribution in [2.24, 2.45) is 0 Å². The molecule has 0 amide bonds. The van der Waals surface area contributed by atoms with Gasteiger partial charge in [0.25, 0.3) is 0 Å². The third kappa shape index (κ3) is 4.00. The topological polar surface area (TPSA) is 56.5 Å². The van der Waals surface area contributed by atoms with Crippen LogP contribution in [0, 0.1) is 5.82 Å². The van der Waals surface area contributed by atoms with E-state index >= 15 is 0 Å². The zero-order chi connectivity index (χ0) is 14.5. The van der Waals surface area contributed by atoms with Gasteiger partial charge >= 0.3 is 0 Å². The van der Waals surface area contributed by atoms with Crippen LogP contribution in [0.2, 0.25) is 0 Å². The second kappa shape index (κ2) is 6.79. The van der Waals surface area contributed by atoms with Crippen LogP contribution in [-0.4, -0.2) is 25.4 Å². The molecule has 0 aliphatic carbocycles. The van der Waals surface area contributed by atoms with Gasteiger partial charge in [-0.25, -0.2) is 4.39 Å². The summed E-state index contributed by atoms with van der Waals surface area (Å²) in [5.74, 6) is -0.199. The summed E-state index contributed by atoms with van der Waals surface area (Å²) in [6, 6.07) is 2.92. The molecule has 1 aromatic rings. The van der Waals surface area contributed by atoms with Crippen molar-refractivity contribution < 1.29 is 13.9 Å². The standard InChI is InChI=1S/C15H23FN2O2/c1-10(2)20-15-9-14(13(17)8-12(15)16)18-6-5-11-4-3-7-19-11/h8-11,18H,3-7,17H2,1-2H3. The minimum atomic E-state index is -0.430. The van der Waals surface area contributed by atoms with E-state index in [2.05, 4.69) is 5.32 Å². The van der Waals surface area contributed by atoms with Gasteiger partial charge in [0.15, 0.2) is 11.6 Å². The Labute approximate surface area is 119 Å². The Morgan fingerprint density at radius 3 is 2.95 bits per heavy atom. The average molecular weight is 282 g/mol. The zero-order valence-electron chi connectivity index (χ0n) is 12.1. The predicted octanol–water partition coefficient (Wildman–Crippen LogP) is 3.18. The number of nitrogens with one attached hydrogen (secondary N) is 1. The zero-order valence-corrected chi connectivity index (χ0v) is 12.1. The van der Waals surface area contributed by atoms with Gasteiger partial charge in [0.2, 0.25) is 0 Å². The fourth-order valence-electron chi connectivity index (χ4n) is 2.31. The van der Waals surface area contributed by atoms with E-state index in [4.69, 9.17) is 15.2 Å². The Kier molecular flexibility index (Phi) is 5.06. The molecule has 20 heavy (non-hydrogen) atoms. The van der Waals surface area contributed by atoms with Crippen molar-refractivity contribution in [3.63, 3.8) is 0 Å². The van der Waals surface area contributed by atoms with E-state index in [1.165, 1.54) is 6.07 Å². The Bertz CT molecular complexity index is 446. The summed E-state index contributed by atoms with van der Waals surface area (Å²) >= 11 is 0. The van der Waals surface area contributed by atoms with Crippen LogP contribution in [0.15, 0.2) is 12.1 Å². The van der Waals surface area contributed by atoms with E-state index in [1.807, 2.05) is 13.8 Å². The number of nitrogens with two attached hydrogens (primary N) is 1. The molecule has 4 nitrogen and oxygen atoms in total. The highest BCUT2D eigenvalue weighted by molar-refractivity contribution is 5.68. The molecular formula is C15H23FN2O2. The fraction of sp³-hybridized carbons (Fsp3) is 0.600. The lowest BCUT2D eigenvalue weighted by Gasteiger charge is -2.16. The third-order valence-electron chi connectivity index (χ3n) is 3.27. The SMILES string of the molecule is CC(C)Oc1cc(NCCC2CCCO2)c(N)cc1F. The maximum Gasteiger partial charge on any atom is 0.167 e. The first-order valence-corrected chi connectivity index (χ1v) is 7.17. The Morgan fingerprint density at radius 1 is 1.50 bits per heavy atom. The van der Waals surface area contributed by atoms with Gasteiger partial charge in [-0.2, -0.15) is 0 Å². The predicted molar refractivity (Wildman–Crippen MR) is 78.7 cm³/mol. The molecule has 0 aromatic heterocycles. The van der Waals surface area contributed by atoms with Crippen molar-refractivity contribution in [3.8, 4) is 5.75 Å². The van der Waals surface area contributed by atoms with Crippen LogP contribution in [0.25, 0.3) is 0 Å². The molecule has 0 spiro atoms. The number of halogens is 1. The summed E-state index contributed by atoms with van der Waals surface area (Å²) in [4.78, 5) is 0. The molecule has 1 aromatic carbocycles. The van der Waals surface area contributed by atoms with Gasteiger partial charge in [-0.3, -0.25) is 0 Å². The molecular weight excluding hydrogens is 259 g/mol. The van der Waals surface area contributed by atoms with Crippen LogP contribution in [0.1, 0.15) is 33.1 Å². The summed E-state index contributed by atoms with van der Waals surface area (Å²) in [5.41, 5.74) is 6.93. The van der Waals surface area contributed by atoms with Crippen LogP contribution in [-0.2, 0) is 4.74 Å². The largest absolute Gasteiger partial charge is 0.488 e. The van der Waals surface area contributed by atoms with Crippen LogP contribution in [0.4, 0.5) is 15.8 Å². The second-order valence-electron chi connectivity index (χ2n) is 5.39. The minimum absolute atomic E-state index is 0.0761. The number of nitrogen functional groups attached to an aromatic ring is 1. The first-order chi connectivity index (χ1) is 9.56. The highest BCUT2D eigenvalue weighted by atomic mass is 19.1. The molecule has 112 valence electrons. The monoisotopic (exact) mass is 282 g/mol. The number of hydrogen-bond donors (Lipinski definition) is 2. The third-order valence-corrected chi connectivity index (χ3v) is 3.27. The lowest BCUT2D eigenvalue weighted by molar-refractivity contribution is 0.107. The van der Waals surface area contributed by atoms with Gasteiger partial charge in [0.05, 0.1) is 23.6 Å². The quantitative estimate of drug-likeness (QED) is 0.787. The summed E-state index contributed by atoms with van der Waals surface area (Å²) in [6.07, 6.45) is 3.43. The van der Waals surface area contributed by atoms with Crippen LogP contribution in [0.5, 0.6) is 5.75 Å². The Morgan fingerprint density at radius 2 is 2.30 bits per heavy atom. The minimum Gasteiger partial charge on any atom is -0.488 e. The first kappa shape index (κ1) is 14.9. The normalized spacial score (nSPS) is 18.5. The van der Waals surface area contributed by atoms with Crippen LogP contribution in [0.3, 0.4) is 0 Å². The summed E-state index contributed by atoms with van der Waals surface area (Å²) in [6.45, 7) is 5.33. The molecule has 2 rings (SSSR count). The summed E-state index contributed by atoms with van der Waals surface area (Å²) in [7, 11) is 0. The second-order valence-corrected chi connectivity index (χ2v) is 5.39. The molecule has 0 radical (unpaired) electrons. The lowest BCUT2D eigenvalue weighted by Crippen LogP contribution is -2.14. The van der Waals surface area contributed by atoms with Gasteiger partial charge in [-0.05, 0) is 33.1 Å². The Hall–Kier alpha value is -1.49. The first-order valence-electron chi connectivity index (χ1n) is 7.17. The van der Waals surface area contributed by atoms with Crippen molar-refractivity contribution >= 4 is 11.4 Å². The molecule has 0 bridgehead atoms. The molecule has 1 unspecified atom stereocenters. The van der Waals surface area contributed by atoms with E-state index in [1.54, 1.807) is 6.07 Å². The van der Waals surface area contributed by atoms with Gasteiger partial charge in [-0.1, -0.05) is 0 Å². The fourth-order valence-corrected chi connectivity index (χ4v) is 2.31. The highest BCUT2D eigenvalue weighted by Crippen LogP contribution is 2.29. The van der Waals surface area contributed by atoms with E-state index in [9.17, 15) is 4.39 Å². The van der Waals surface area contributed by atoms with Gasteiger partial charge in [0, 0.05) is 25.3 Å². The molecule has 1 saturated heterocycles. The van der Waals surface area contributed by atoms with Gasteiger partial charge < -0.3 is 20.5 Å². The van der Waals surface area contributed by atoms with E-state index in [0.717, 1.165) is 32.4 Å². The molecule has 0 saturated carbocycles. The van der Waals surface area contributed by atoms with Crippen molar-refractivity contribution in [1.82, 2.24) is 0 Å². The van der Waals surface area contributed by atoms with Crippen LogP contribution >= 0.6 is 0 Å². The molecule has 1 aliphatic rings. The smallest absolute Gasteiger partial charge is 0.167 e. The van der Waals surface area contributed by atoms with Crippen molar-refractivity contribution in [2.75, 3.05) is 24.2 Å². The average Bonchev–Trinajstić information content (AvgIpc) is 2.87. The lowest BCUT2D eigenvalue weighted by atomic mass is 10.2. The van der Waals surface area contributed by atoms with Crippen LogP contribution < -0.4 is 15.8 Å². The Balaban J connectivity index is 1.95. The molecule has 3 N–H and O–H groups in total. The number of benzene rings is 1. The van der Waals surface area contributed by atoms with Crippen molar-refractivity contribution in [2.45, 2.75) is 45.3 Å². The van der Waals surface area contributed by atoms with Gasteiger partial charge in [-0.15, -0.1) is 0 Å². The highest BCUT2D eigenvalue weighted by Gasteiger charge is 2.15. The maximum absolute atomic E-state index is 13.7. The molecule has 1 atom stereocenters.